The molecule has 4 N–H and O–H groups in total. The van der Waals surface area contributed by atoms with E-state index in [1.807, 2.05) is 0 Å². The van der Waals surface area contributed by atoms with Crippen LogP contribution in [0.5, 0.6) is 0 Å². The van der Waals surface area contributed by atoms with Crippen LogP contribution in [0, 0.1) is 0 Å². The van der Waals surface area contributed by atoms with Crippen molar-refractivity contribution in [3.63, 3.8) is 0 Å². The fraction of sp³-hybridized carbons (Fsp3) is 0.833. The molecule has 0 rings (SSSR count). The zero-order chi connectivity index (χ0) is 8.36. The van der Waals surface area contributed by atoms with Crippen LogP contribution in [0.4, 0.5) is 0 Å². The molecule has 0 aromatic rings. The number of hydrogen-bond donors (Lipinski definition) is 2. The first-order chi connectivity index (χ1) is 4.39. The third-order valence-electron chi connectivity index (χ3n) is 1.48. The third kappa shape index (κ3) is 2.59. The van der Waals surface area contributed by atoms with Gasteiger partial charge in [-0.1, -0.05) is 19.6 Å². The van der Waals surface area contributed by atoms with E-state index in [1.165, 1.54) is 0 Å². The number of ketones is 1. The first-order valence-corrected chi connectivity index (χ1v) is 6.95. The Morgan fingerprint density at radius 3 is 2.00 bits per heavy atom. The van der Waals surface area contributed by atoms with Gasteiger partial charge in [-0.25, -0.2) is 0 Å². The van der Waals surface area contributed by atoms with Crippen LogP contribution in [0.25, 0.3) is 0 Å². The van der Waals surface area contributed by atoms with Crippen molar-refractivity contribution in [2.75, 3.05) is 6.54 Å². The van der Waals surface area contributed by atoms with Crippen LogP contribution in [-0.2, 0) is 4.79 Å². The van der Waals surface area contributed by atoms with E-state index in [9.17, 15) is 4.79 Å². The summed E-state index contributed by atoms with van der Waals surface area (Å²) in [6.07, 6.45) is 0. The largest absolute Gasteiger partial charge is 0.324 e. The molecule has 10 heavy (non-hydrogen) atoms. The Kier molecular flexibility index (Phi) is 3.21. The highest BCUT2D eigenvalue weighted by Gasteiger charge is 2.27. The van der Waals surface area contributed by atoms with Gasteiger partial charge in [0.2, 0.25) is 0 Å². The Bertz CT molecular complexity index is 130. The van der Waals surface area contributed by atoms with Gasteiger partial charge < -0.3 is 11.5 Å². The summed E-state index contributed by atoms with van der Waals surface area (Å²) in [6, 6.07) is 0. The van der Waals surface area contributed by atoms with Gasteiger partial charge in [-0.3, -0.25) is 4.79 Å². The van der Waals surface area contributed by atoms with Gasteiger partial charge in [0.05, 0.1) is 20.3 Å². The van der Waals surface area contributed by atoms with E-state index in [4.69, 9.17) is 11.5 Å². The minimum atomic E-state index is -1.50. The first-order valence-electron chi connectivity index (χ1n) is 3.38. The molecular weight excluding hydrogens is 144 g/mol. The molecule has 3 nitrogen and oxygen atoms in total. The average Bonchev–Trinajstić information content (AvgIpc) is 1.83. The molecule has 0 radical (unpaired) electrons. The molecule has 1 atom stereocenters. The van der Waals surface area contributed by atoms with E-state index in [0.29, 0.717) is 0 Å². The van der Waals surface area contributed by atoms with Crippen LogP contribution in [0.15, 0.2) is 0 Å². The second-order valence-electron chi connectivity index (χ2n) is 3.51. The Balaban J connectivity index is 4.08. The number of Topliss-reactive ketones (excluding diaryl/α,β-unsaturated/α-hetero) is 1. The Labute approximate surface area is 62.8 Å². The van der Waals surface area contributed by atoms with Crippen molar-refractivity contribution in [1.29, 1.82) is 0 Å². The number of carbonyl (C=O) groups is 1. The molecule has 0 aliphatic heterocycles. The summed E-state index contributed by atoms with van der Waals surface area (Å²) in [7, 11) is -1.50. The first kappa shape index (κ1) is 9.81. The number of carbonyl (C=O) groups excluding carboxylic acids is 1. The molecule has 60 valence electrons. The molecule has 0 saturated carbocycles. The fourth-order valence-corrected chi connectivity index (χ4v) is 1.69. The predicted octanol–water partition coefficient (Wildman–Crippen LogP) is -0.281. The lowest BCUT2D eigenvalue weighted by molar-refractivity contribution is -0.117. The quantitative estimate of drug-likeness (QED) is 0.558. The Morgan fingerprint density at radius 1 is 1.50 bits per heavy atom. The van der Waals surface area contributed by atoms with E-state index < -0.39 is 8.07 Å². The maximum atomic E-state index is 10.9. The van der Waals surface area contributed by atoms with Gasteiger partial charge in [0.25, 0.3) is 0 Å². The maximum Gasteiger partial charge on any atom is 0.159 e. The Hall–Kier alpha value is -0.193. The van der Waals surface area contributed by atoms with Crippen molar-refractivity contribution in [1.82, 2.24) is 0 Å². The summed E-state index contributed by atoms with van der Waals surface area (Å²) in [4.78, 5) is 10.9. The number of rotatable bonds is 3. The Morgan fingerprint density at radius 2 is 1.90 bits per heavy atom. The van der Waals surface area contributed by atoms with E-state index in [-0.39, 0.29) is 18.0 Å². The molecule has 0 aromatic carbocycles. The molecule has 4 heteroatoms. The van der Waals surface area contributed by atoms with Gasteiger partial charge in [0, 0.05) is 0 Å². The molecule has 0 spiro atoms. The molecule has 0 bridgehead atoms. The molecule has 0 saturated heterocycles. The van der Waals surface area contributed by atoms with Crippen molar-refractivity contribution < 1.29 is 4.79 Å². The summed E-state index contributed by atoms with van der Waals surface area (Å²) in [5.41, 5.74) is 10.5. The smallest absolute Gasteiger partial charge is 0.159 e. The van der Waals surface area contributed by atoms with E-state index in [1.54, 1.807) is 0 Å². The molecule has 0 aromatic heterocycles. The summed E-state index contributed by atoms with van der Waals surface area (Å²) in [5.74, 6) is -0.0147. The molecule has 1 unspecified atom stereocenters. The van der Waals surface area contributed by atoms with Crippen molar-refractivity contribution in [3.05, 3.63) is 0 Å². The summed E-state index contributed by atoms with van der Waals surface area (Å²) < 4.78 is 0. The number of hydrogen-bond acceptors (Lipinski definition) is 3. The van der Waals surface area contributed by atoms with Gasteiger partial charge in [0.15, 0.2) is 5.78 Å². The van der Waals surface area contributed by atoms with E-state index in [0.717, 1.165) is 0 Å². The van der Waals surface area contributed by atoms with Crippen LogP contribution in [-0.4, -0.2) is 26.1 Å². The van der Waals surface area contributed by atoms with Gasteiger partial charge >= 0.3 is 0 Å². The second-order valence-corrected chi connectivity index (χ2v) is 8.87. The zero-order valence-electron chi connectivity index (χ0n) is 6.85. The highest BCUT2D eigenvalue weighted by Crippen LogP contribution is 2.05. The number of nitrogens with two attached hydrogens (primary N) is 2. The molecular formula is C6H16N2OSi. The SMILES string of the molecule is C[Si](C)(C)C(N)C(=O)CN. The normalized spacial score (nSPS) is 14.9. The van der Waals surface area contributed by atoms with Crippen LogP contribution in [0.3, 0.4) is 0 Å². The van der Waals surface area contributed by atoms with Crippen molar-refractivity contribution in [2.45, 2.75) is 25.3 Å². The monoisotopic (exact) mass is 160 g/mol. The summed E-state index contributed by atoms with van der Waals surface area (Å²) in [5, 5.41) is 0. The molecule has 0 aliphatic rings. The van der Waals surface area contributed by atoms with Gasteiger partial charge in [-0.2, -0.15) is 0 Å². The predicted molar refractivity (Wildman–Crippen MR) is 45.4 cm³/mol. The van der Waals surface area contributed by atoms with Crippen molar-refractivity contribution in [3.8, 4) is 0 Å². The summed E-state index contributed by atoms with van der Waals surface area (Å²) in [6.45, 7) is 6.26. The van der Waals surface area contributed by atoms with Crippen molar-refractivity contribution in [2.24, 2.45) is 11.5 Å². The molecule has 0 heterocycles. The highest BCUT2D eigenvalue weighted by molar-refractivity contribution is 6.80. The van der Waals surface area contributed by atoms with Gasteiger partial charge in [-0.05, 0) is 0 Å². The summed E-state index contributed by atoms with van der Waals surface area (Å²) >= 11 is 0. The highest BCUT2D eigenvalue weighted by atomic mass is 28.3. The molecule has 0 aliphatic carbocycles. The van der Waals surface area contributed by atoms with Crippen LogP contribution < -0.4 is 11.5 Å². The lowest BCUT2D eigenvalue weighted by Gasteiger charge is -2.22. The van der Waals surface area contributed by atoms with Crippen LogP contribution >= 0.6 is 0 Å². The van der Waals surface area contributed by atoms with Crippen LogP contribution in [0.1, 0.15) is 0 Å². The fourth-order valence-electron chi connectivity index (χ4n) is 0.610. The lowest BCUT2D eigenvalue weighted by Crippen LogP contribution is -2.52. The average molecular weight is 160 g/mol. The second kappa shape index (κ2) is 3.27. The van der Waals surface area contributed by atoms with E-state index >= 15 is 0 Å². The third-order valence-corrected chi connectivity index (χ3v) is 3.67. The minimum Gasteiger partial charge on any atom is -0.324 e. The molecule has 0 fully saturated rings. The standard InChI is InChI=1S/C6H16N2OSi/c1-10(2,3)6(8)5(9)4-7/h6H,4,7-8H2,1-3H3. The lowest BCUT2D eigenvalue weighted by atomic mass is 10.4. The minimum absolute atomic E-state index is 0.0147. The van der Waals surface area contributed by atoms with Gasteiger partial charge in [-0.15, -0.1) is 0 Å². The van der Waals surface area contributed by atoms with E-state index in [2.05, 4.69) is 19.6 Å². The maximum absolute atomic E-state index is 10.9. The zero-order valence-corrected chi connectivity index (χ0v) is 7.85. The topological polar surface area (TPSA) is 69.1 Å². The molecule has 0 amide bonds. The van der Waals surface area contributed by atoms with Gasteiger partial charge in [0.1, 0.15) is 0 Å². The van der Waals surface area contributed by atoms with Crippen LogP contribution in [0.2, 0.25) is 19.6 Å². The van der Waals surface area contributed by atoms with Crippen molar-refractivity contribution >= 4 is 13.9 Å².